The highest BCUT2D eigenvalue weighted by molar-refractivity contribution is 5.95. The molecule has 1 heterocycles. The van der Waals surface area contributed by atoms with Gasteiger partial charge in [0.15, 0.2) is 0 Å². The van der Waals surface area contributed by atoms with Gasteiger partial charge in [-0.25, -0.2) is 9.18 Å². The van der Waals surface area contributed by atoms with Crippen LogP contribution in [0.4, 0.5) is 21.5 Å². The number of carboxylic acid groups (broad SMARTS) is 1. The first-order valence-electron chi connectivity index (χ1n) is 6.12. The van der Waals surface area contributed by atoms with Crippen LogP contribution in [-0.2, 0) is 11.3 Å². The topological polar surface area (TPSA) is 102 Å². The first kappa shape index (κ1) is 14.8. The smallest absolute Gasteiger partial charge is 0.337 e. The Labute approximate surface area is 120 Å². The molecule has 0 unspecified atom stereocenters. The molecule has 0 fully saturated rings. The fraction of sp³-hybridized carbons (Fsp3) is 0.231. The van der Waals surface area contributed by atoms with Gasteiger partial charge in [0.1, 0.15) is 5.82 Å². The van der Waals surface area contributed by atoms with Gasteiger partial charge in [-0.05, 0) is 12.1 Å². The first-order chi connectivity index (χ1) is 10.0. The minimum absolute atomic E-state index is 0.0212. The molecule has 0 bridgehead atoms. The van der Waals surface area contributed by atoms with E-state index in [9.17, 15) is 9.18 Å². The Hall–Kier alpha value is -2.61. The number of aromatic nitrogens is 2. The minimum Gasteiger partial charge on any atom is -0.478 e. The van der Waals surface area contributed by atoms with E-state index in [0.717, 1.165) is 12.1 Å². The molecule has 1 aromatic carbocycles. The van der Waals surface area contributed by atoms with Gasteiger partial charge in [-0.15, -0.1) is 0 Å². The minimum atomic E-state index is -1.22. The van der Waals surface area contributed by atoms with Gasteiger partial charge < -0.3 is 20.9 Å². The lowest BCUT2D eigenvalue weighted by Gasteiger charge is -2.08. The number of nitrogens with two attached hydrogens (primary N) is 1. The van der Waals surface area contributed by atoms with Gasteiger partial charge in [0, 0.05) is 19.0 Å². The predicted molar refractivity (Wildman–Crippen MR) is 75.2 cm³/mol. The zero-order chi connectivity index (χ0) is 15.4. The Bertz CT molecular complexity index is 657. The largest absolute Gasteiger partial charge is 0.478 e. The molecule has 0 aliphatic carbocycles. The van der Waals surface area contributed by atoms with Crippen LogP contribution >= 0.6 is 0 Å². The Morgan fingerprint density at radius 1 is 1.57 bits per heavy atom. The van der Waals surface area contributed by atoms with Crippen molar-refractivity contribution in [2.75, 3.05) is 24.8 Å². The van der Waals surface area contributed by atoms with Gasteiger partial charge in [-0.1, -0.05) is 0 Å². The van der Waals surface area contributed by atoms with Crippen LogP contribution in [0, 0.1) is 5.82 Å². The Morgan fingerprint density at radius 3 is 3.00 bits per heavy atom. The number of ether oxygens (including phenoxy) is 1. The molecule has 0 radical (unpaired) electrons. The van der Waals surface area contributed by atoms with Crippen LogP contribution in [0.3, 0.4) is 0 Å². The number of methoxy groups -OCH3 is 1. The quantitative estimate of drug-likeness (QED) is 0.701. The van der Waals surface area contributed by atoms with Crippen LogP contribution in [0.5, 0.6) is 0 Å². The van der Waals surface area contributed by atoms with E-state index in [1.54, 1.807) is 18.0 Å². The molecular weight excluding hydrogens is 279 g/mol. The van der Waals surface area contributed by atoms with Crippen molar-refractivity contribution in [3.05, 3.63) is 35.9 Å². The van der Waals surface area contributed by atoms with Crippen LogP contribution in [0.2, 0.25) is 0 Å². The Kier molecular flexibility index (Phi) is 4.39. The van der Waals surface area contributed by atoms with Crippen LogP contribution < -0.4 is 11.1 Å². The molecule has 21 heavy (non-hydrogen) atoms. The number of benzene rings is 1. The van der Waals surface area contributed by atoms with Gasteiger partial charge >= 0.3 is 5.97 Å². The van der Waals surface area contributed by atoms with Crippen LogP contribution in [-0.4, -0.2) is 34.6 Å². The van der Waals surface area contributed by atoms with Crippen LogP contribution in [0.25, 0.3) is 0 Å². The lowest BCUT2D eigenvalue weighted by Crippen LogP contribution is -2.05. The second-order valence-electron chi connectivity index (χ2n) is 4.33. The van der Waals surface area contributed by atoms with Crippen molar-refractivity contribution < 1.29 is 19.0 Å². The summed E-state index contributed by atoms with van der Waals surface area (Å²) in [5, 5.41) is 15.8. The highest BCUT2D eigenvalue weighted by Crippen LogP contribution is 2.25. The summed E-state index contributed by atoms with van der Waals surface area (Å²) in [5.41, 5.74) is 5.73. The molecular formula is C13H15FN4O3. The third-order valence-corrected chi connectivity index (χ3v) is 2.81. The zero-order valence-electron chi connectivity index (χ0n) is 11.3. The van der Waals surface area contributed by atoms with Gasteiger partial charge in [-0.2, -0.15) is 5.10 Å². The number of aromatic carboxylic acids is 1. The molecule has 7 nitrogen and oxygen atoms in total. The number of hydrogen-bond donors (Lipinski definition) is 3. The maximum Gasteiger partial charge on any atom is 0.337 e. The maximum atomic E-state index is 13.8. The highest BCUT2D eigenvalue weighted by atomic mass is 19.1. The van der Waals surface area contributed by atoms with E-state index in [2.05, 4.69) is 10.4 Å². The molecule has 0 aliphatic rings. The van der Waals surface area contributed by atoms with E-state index in [1.807, 2.05) is 0 Å². The number of nitrogens with one attached hydrogen (secondary N) is 1. The number of carbonyl (C=O) groups is 1. The standard InChI is InChI=1S/C13H15FN4O3/c1-21-3-2-18-7-8(6-16-18)17-12-4-9(13(19)20)11(15)5-10(12)14/h4-7,17H,2-3,15H2,1H3,(H,19,20). The SMILES string of the molecule is COCCn1cc(Nc2cc(C(=O)O)c(N)cc2F)cn1. The Balaban J connectivity index is 2.21. The molecule has 112 valence electrons. The van der Waals surface area contributed by atoms with Gasteiger partial charge in [-0.3, -0.25) is 4.68 Å². The number of nitrogens with zero attached hydrogens (tertiary/aromatic N) is 2. The van der Waals surface area contributed by atoms with Crippen LogP contribution in [0.15, 0.2) is 24.5 Å². The van der Waals surface area contributed by atoms with Crippen molar-refractivity contribution in [3.63, 3.8) is 0 Å². The Morgan fingerprint density at radius 2 is 2.33 bits per heavy atom. The number of rotatable bonds is 6. The first-order valence-corrected chi connectivity index (χ1v) is 6.12. The number of anilines is 3. The average molecular weight is 294 g/mol. The second kappa shape index (κ2) is 6.23. The molecule has 0 saturated carbocycles. The lowest BCUT2D eigenvalue weighted by atomic mass is 10.1. The fourth-order valence-corrected chi connectivity index (χ4v) is 1.76. The van der Waals surface area contributed by atoms with Gasteiger partial charge in [0.25, 0.3) is 0 Å². The summed E-state index contributed by atoms with van der Waals surface area (Å²) < 4.78 is 20.4. The van der Waals surface area contributed by atoms with Crippen molar-refractivity contribution in [1.82, 2.24) is 9.78 Å². The average Bonchev–Trinajstić information content (AvgIpc) is 2.86. The summed E-state index contributed by atoms with van der Waals surface area (Å²) in [6.45, 7) is 1.06. The van der Waals surface area contributed by atoms with E-state index in [0.29, 0.717) is 18.8 Å². The monoisotopic (exact) mass is 294 g/mol. The molecule has 0 spiro atoms. The molecule has 2 rings (SSSR count). The van der Waals surface area contributed by atoms with E-state index in [4.69, 9.17) is 15.6 Å². The summed E-state index contributed by atoms with van der Waals surface area (Å²) >= 11 is 0. The summed E-state index contributed by atoms with van der Waals surface area (Å²) in [4.78, 5) is 11.0. The molecule has 0 amide bonds. The zero-order valence-corrected chi connectivity index (χ0v) is 11.3. The molecule has 8 heteroatoms. The van der Waals surface area contributed by atoms with Crippen molar-refractivity contribution >= 4 is 23.0 Å². The van der Waals surface area contributed by atoms with Gasteiger partial charge in [0.05, 0.1) is 36.3 Å². The van der Waals surface area contributed by atoms with Crippen molar-refractivity contribution in [2.24, 2.45) is 0 Å². The van der Waals surface area contributed by atoms with Crippen molar-refractivity contribution in [2.45, 2.75) is 6.54 Å². The maximum absolute atomic E-state index is 13.8. The molecule has 0 atom stereocenters. The summed E-state index contributed by atoms with van der Waals surface area (Å²) in [7, 11) is 1.58. The number of halogens is 1. The van der Waals surface area contributed by atoms with Crippen molar-refractivity contribution in [1.29, 1.82) is 0 Å². The van der Waals surface area contributed by atoms with E-state index in [1.165, 1.54) is 6.20 Å². The van der Waals surface area contributed by atoms with Gasteiger partial charge in [0.2, 0.25) is 0 Å². The second-order valence-corrected chi connectivity index (χ2v) is 4.33. The lowest BCUT2D eigenvalue weighted by molar-refractivity contribution is 0.0698. The van der Waals surface area contributed by atoms with Crippen LogP contribution in [0.1, 0.15) is 10.4 Å². The third-order valence-electron chi connectivity index (χ3n) is 2.81. The highest BCUT2D eigenvalue weighted by Gasteiger charge is 2.13. The van der Waals surface area contributed by atoms with Crippen molar-refractivity contribution in [3.8, 4) is 0 Å². The number of nitrogen functional groups attached to an aromatic ring is 1. The van der Waals surface area contributed by atoms with E-state index in [-0.39, 0.29) is 16.9 Å². The third kappa shape index (κ3) is 3.48. The normalized spacial score (nSPS) is 10.6. The summed E-state index contributed by atoms with van der Waals surface area (Å²) in [6.07, 6.45) is 3.17. The predicted octanol–water partition coefficient (Wildman–Crippen LogP) is 1.69. The molecule has 2 aromatic rings. The van der Waals surface area contributed by atoms with E-state index < -0.39 is 11.8 Å². The number of hydrogen-bond acceptors (Lipinski definition) is 5. The molecule has 4 N–H and O–H groups in total. The van der Waals surface area contributed by atoms with E-state index >= 15 is 0 Å². The fourth-order valence-electron chi connectivity index (χ4n) is 1.76. The summed E-state index contributed by atoms with van der Waals surface area (Å²) in [6, 6.07) is 2.13. The molecule has 1 aromatic heterocycles. The number of carboxylic acids is 1. The molecule has 0 aliphatic heterocycles. The summed E-state index contributed by atoms with van der Waals surface area (Å²) in [5.74, 6) is -1.85. The molecule has 0 saturated heterocycles.